The number of nitrogens with zero attached hydrogens (tertiary/aromatic N) is 5. The van der Waals surface area contributed by atoms with Crippen molar-refractivity contribution in [1.29, 1.82) is 5.26 Å². The summed E-state index contributed by atoms with van der Waals surface area (Å²) < 4.78 is 0. The van der Waals surface area contributed by atoms with Crippen LogP contribution in [0.4, 0.5) is 11.5 Å². The van der Waals surface area contributed by atoms with Gasteiger partial charge in [0.05, 0.1) is 12.1 Å². The Morgan fingerprint density at radius 3 is 2.53 bits per heavy atom. The quantitative estimate of drug-likeness (QED) is 0.417. The van der Waals surface area contributed by atoms with Gasteiger partial charge in [-0.05, 0) is 43.5 Å². The van der Waals surface area contributed by atoms with Crippen LogP contribution in [0.1, 0.15) is 54.5 Å². The van der Waals surface area contributed by atoms with Crippen LogP contribution in [0.2, 0.25) is 0 Å². The number of amides is 1. The largest absolute Gasteiger partial charge is 0.368 e. The Morgan fingerprint density at radius 2 is 1.97 bits per heavy atom. The second-order valence-corrected chi connectivity index (χ2v) is 9.60. The summed E-state index contributed by atoms with van der Waals surface area (Å²) in [6.45, 7) is 13.6. The van der Waals surface area contributed by atoms with Crippen molar-refractivity contribution in [1.82, 2.24) is 9.88 Å². The molecule has 1 aliphatic heterocycles. The normalized spacial score (nSPS) is 15.1. The van der Waals surface area contributed by atoms with Crippen molar-refractivity contribution in [2.45, 2.75) is 49.3 Å². The van der Waals surface area contributed by atoms with Gasteiger partial charge in [-0.2, -0.15) is 5.26 Å². The molecule has 0 bridgehead atoms. The third-order valence-electron chi connectivity index (χ3n) is 6.20. The van der Waals surface area contributed by atoms with Crippen molar-refractivity contribution in [2.24, 2.45) is 5.73 Å². The van der Waals surface area contributed by atoms with E-state index in [4.69, 9.17) is 17.3 Å². The lowest BCUT2D eigenvalue weighted by molar-refractivity contribution is -0.117. The van der Waals surface area contributed by atoms with Gasteiger partial charge in [0.2, 0.25) is 11.6 Å². The lowest BCUT2D eigenvalue weighted by Gasteiger charge is -2.27. The number of likely N-dealkylation sites (tertiary alicyclic amines) is 1. The molecule has 1 atom stereocenters. The van der Waals surface area contributed by atoms with Crippen LogP contribution in [-0.4, -0.2) is 49.0 Å². The van der Waals surface area contributed by atoms with E-state index in [9.17, 15) is 10.1 Å². The smallest absolute Gasteiger partial charge is 0.235 e. The van der Waals surface area contributed by atoms with E-state index in [2.05, 4.69) is 15.8 Å². The summed E-state index contributed by atoms with van der Waals surface area (Å²) in [5.74, 6) is 0.0599. The molecule has 1 amide bonds. The molecule has 0 spiro atoms. The average Bonchev–Trinajstić information content (AvgIpc) is 3.14. The first-order valence-corrected chi connectivity index (χ1v) is 12.7. The van der Waals surface area contributed by atoms with Crippen LogP contribution in [-0.2, 0) is 11.2 Å². The van der Waals surface area contributed by atoms with Gasteiger partial charge in [-0.1, -0.05) is 61.9 Å². The van der Waals surface area contributed by atoms with Crippen LogP contribution >= 0.6 is 11.8 Å². The third kappa shape index (κ3) is 6.08. The number of likely N-dealkylation sites (N-methyl/N-ethyl adjacent to an activating group) is 1. The highest BCUT2D eigenvalue weighted by Gasteiger charge is 2.26. The number of nitrogens with two attached hydrogens (primary N) is 1. The topological polar surface area (TPSA) is 90.6 Å². The van der Waals surface area contributed by atoms with Crippen LogP contribution in [0.15, 0.2) is 35.4 Å². The van der Waals surface area contributed by atoms with Crippen LogP contribution < -0.4 is 10.6 Å². The Balaban J connectivity index is 1.96. The highest BCUT2D eigenvalue weighted by atomic mass is 32.2. The number of benzene rings is 1. The van der Waals surface area contributed by atoms with E-state index in [0.29, 0.717) is 34.1 Å². The molecule has 1 aromatic heterocycles. The number of nitriles is 1. The number of pyridine rings is 1. The lowest BCUT2D eigenvalue weighted by Crippen LogP contribution is -2.34. The Kier molecular flexibility index (Phi) is 9.33. The molecule has 0 radical (unpaired) electrons. The third-order valence-corrected chi connectivity index (χ3v) is 7.46. The van der Waals surface area contributed by atoms with Gasteiger partial charge in [0, 0.05) is 20.1 Å². The first-order chi connectivity index (χ1) is 16.5. The van der Waals surface area contributed by atoms with Crippen molar-refractivity contribution in [2.75, 3.05) is 38.1 Å². The summed E-state index contributed by atoms with van der Waals surface area (Å²) in [5, 5.41) is 9.72. The molecule has 178 valence electrons. The molecule has 34 heavy (non-hydrogen) atoms. The first-order valence-electron chi connectivity index (χ1n) is 11.8. The lowest BCUT2D eigenvalue weighted by atomic mass is 10.1. The number of carbonyl (C=O) groups excluding carboxylic acids is 1. The zero-order valence-corrected chi connectivity index (χ0v) is 20.8. The fourth-order valence-electron chi connectivity index (χ4n) is 4.30. The molecule has 1 aromatic carbocycles. The zero-order valence-electron chi connectivity index (χ0n) is 20.0. The molecular formula is C26H32N6OS. The Morgan fingerprint density at radius 1 is 1.29 bits per heavy atom. The minimum atomic E-state index is -0.681. The minimum Gasteiger partial charge on any atom is -0.368 e. The van der Waals surface area contributed by atoms with Crippen LogP contribution in [0.25, 0.3) is 4.85 Å². The number of aromatic nitrogens is 1. The predicted octanol–water partition coefficient (Wildman–Crippen LogP) is 4.70. The standard InChI is InChI=1S/C26H32N6OS/c1-4-20-21(18-27)26(34-23(24(28)33)19-12-8-7-9-13-19)30-25(22(20)29-2)31(3)16-17-32-14-10-5-6-11-15-32/h7-9,12-13,23H,4-6,10-11,14-17H2,1,3H3,(H2,28,33). The molecule has 1 saturated heterocycles. The number of hydrogen-bond donors (Lipinski definition) is 1. The zero-order chi connectivity index (χ0) is 24.5. The van der Waals surface area contributed by atoms with Crippen molar-refractivity contribution in [3.8, 4) is 6.07 Å². The number of thioether (sulfide) groups is 1. The van der Waals surface area contributed by atoms with E-state index < -0.39 is 11.2 Å². The molecule has 1 fully saturated rings. The van der Waals surface area contributed by atoms with Crippen molar-refractivity contribution < 1.29 is 4.79 Å². The van der Waals surface area contributed by atoms with Gasteiger partial charge < -0.3 is 15.5 Å². The molecule has 0 aliphatic carbocycles. The molecule has 8 heteroatoms. The van der Waals surface area contributed by atoms with E-state index in [0.717, 1.165) is 31.7 Å². The number of primary amides is 1. The predicted molar refractivity (Wildman–Crippen MR) is 137 cm³/mol. The van der Waals surface area contributed by atoms with Gasteiger partial charge in [-0.3, -0.25) is 4.79 Å². The number of hydrogen-bond acceptors (Lipinski definition) is 6. The molecule has 3 rings (SSSR count). The summed E-state index contributed by atoms with van der Waals surface area (Å²) in [5.41, 5.74) is 7.93. The molecule has 1 unspecified atom stereocenters. The van der Waals surface area contributed by atoms with Crippen LogP contribution in [0.5, 0.6) is 0 Å². The molecule has 7 nitrogen and oxygen atoms in total. The van der Waals surface area contributed by atoms with Gasteiger partial charge in [-0.15, -0.1) is 0 Å². The summed E-state index contributed by atoms with van der Waals surface area (Å²) in [6, 6.07) is 11.5. The molecule has 2 N–H and O–H groups in total. The number of carbonyl (C=O) groups is 1. The molecule has 1 aliphatic rings. The fraction of sp³-hybridized carbons (Fsp3) is 0.462. The summed E-state index contributed by atoms with van der Waals surface area (Å²) in [6.07, 6.45) is 5.54. The van der Waals surface area contributed by atoms with E-state index in [1.807, 2.05) is 49.2 Å². The highest BCUT2D eigenvalue weighted by molar-refractivity contribution is 8.00. The average molecular weight is 477 g/mol. The monoisotopic (exact) mass is 476 g/mol. The minimum absolute atomic E-state index is 0.352. The molecule has 2 heterocycles. The van der Waals surface area contributed by atoms with Gasteiger partial charge in [0.15, 0.2) is 0 Å². The summed E-state index contributed by atoms with van der Waals surface area (Å²) in [7, 11) is 1.94. The maximum atomic E-state index is 12.3. The van der Waals surface area contributed by atoms with E-state index in [1.165, 1.54) is 37.4 Å². The first kappa shape index (κ1) is 25.6. The van der Waals surface area contributed by atoms with E-state index in [1.54, 1.807) is 0 Å². The SMILES string of the molecule is [C-]#[N+]c1c(N(C)CCN2CCCCCC2)nc(SC(C(N)=O)c2ccccc2)c(C#N)c1CC. The van der Waals surface area contributed by atoms with Crippen molar-refractivity contribution in [3.63, 3.8) is 0 Å². The number of anilines is 1. The Hall–Kier alpha value is -3.07. The summed E-state index contributed by atoms with van der Waals surface area (Å²) in [4.78, 5) is 25.4. The summed E-state index contributed by atoms with van der Waals surface area (Å²) >= 11 is 1.18. The second-order valence-electron chi connectivity index (χ2n) is 8.51. The van der Waals surface area contributed by atoms with Crippen LogP contribution in [0, 0.1) is 17.9 Å². The number of rotatable bonds is 9. The van der Waals surface area contributed by atoms with Crippen molar-refractivity contribution >= 4 is 29.2 Å². The fourth-order valence-corrected chi connectivity index (χ4v) is 5.36. The maximum Gasteiger partial charge on any atom is 0.235 e. The molecule has 2 aromatic rings. The Bertz CT molecular complexity index is 1070. The highest BCUT2D eigenvalue weighted by Crippen LogP contribution is 2.42. The van der Waals surface area contributed by atoms with Gasteiger partial charge in [-0.25, -0.2) is 9.83 Å². The van der Waals surface area contributed by atoms with Gasteiger partial charge in [0.25, 0.3) is 0 Å². The van der Waals surface area contributed by atoms with E-state index >= 15 is 0 Å². The molecule has 0 saturated carbocycles. The van der Waals surface area contributed by atoms with Crippen molar-refractivity contribution in [3.05, 3.63) is 58.4 Å². The van der Waals surface area contributed by atoms with Gasteiger partial charge in [0.1, 0.15) is 22.2 Å². The Labute approximate surface area is 206 Å². The maximum absolute atomic E-state index is 12.3. The second kappa shape index (κ2) is 12.4. The molecular weight excluding hydrogens is 444 g/mol. The van der Waals surface area contributed by atoms with Gasteiger partial charge >= 0.3 is 0 Å². The van der Waals surface area contributed by atoms with Crippen LogP contribution in [0.3, 0.4) is 0 Å². The van der Waals surface area contributed by atoms with E-state index in [-0.39, 0.29) is 0 Å².